The molecule has 1 N–H and O–H groups in total. The molecule has 1 fully saturated rings. The van der Waals surface area contributed by atoms with Crippen molar-refractivity contribution < 1.29 is 19.1 Å². The van der Waals surface area contributed by atoms with Crippen molar-refractivity contribution in [1.29, 1.82) is 0 Å². The molecule has 3 aromatic rings. The Morgan fingerprint density at radius 1 is 1.00 bits per heavy atom. The third kappa shape index (κ3) is 3.39. The predicted octanol–water partition coefficient (Wildman–Crippen LogP) is 2.55. The van der Waals surface area contributed by atoms with Crippen LogP contribution in [0.4, 0.5) is 10.5 Å². The highest BCUT2D eigenvalue weighted by Crippen LogP contribution is 2.23. The maximum atomic E-state index is 12.9. The number of imide groups is 2. The molecule has 0 aliphatic carbocycles. The van der Waals surface area contributed by atoms with Gasteiger partial charge in [0.2, 0.25) is 0 Å². The molecule has 0 bridgehead atoms. The Bertz CT molecular complexity index is 1120. The zero-order valence-corrected chi connectivity index (χ0v) is 15.4. The van der Waals surface area contributed by atoms with Crippen LogP contribution in [0, 0.1) is 0 Å². The molecule has 8 heteroatoms. The lowest BCUT2D eigenvalue weighted by Gasteiger charge is -2.26. The van der Waals surface area contributed by atoms with Crippen LogP contribution >= 0.6 is 0 Å². The van der Waals surface area contributed by atoms with Gasteiger partial charge in [0.15, 0.2) is 0 Å². The van der Waals surface area contributed by atoms with Gasteiger partial charge in [-0.15, -0.1) is 0 Å². The monoisotopic (exact) mass is 388 g/mol. The minimum Gasteiger partial charge on any atom is -0.497 e. The fourth-order valence-corrected chi connectivity index (χ4v) is 3.02. The first-order valence-corrected chi connectivity index (χ1v) is 8.72. The van der Waals surface area contributed by atoms with Crippen molar-refractivity contribution in [3.63, 3.8) is 0 Å². The van der Waals surface area contributed by atoms with E-state index in [1.165, 1.54) is 18.5 Å². The largest absolute Gasteiger partial charge is 0.497 e. The van der Waals surface area contributed by atoms with E-state index in [0.717, 1.165) is 10.6 Å². The number of barbiturate groups is 1. The molecular weight excluding hydrogens is 372 g/mol. The van der Waals surface area contributed by atoms with Gasteiger partial charge in [-0.3, -0.25) is 19.9 Å². The van der Waals surface area contributed by atoms with Gasteiger partial charge < -0.3 is 9.30 Å². The number of hydrogen-bond acceptors (Lipinski definition) is 5. The van der Waals surface area contributed by atoms with Gasteiger partial charge in [-0.2, -0.15) is 0 Å². The van der Waals surface area contributed by atoms with E-state index in [9.17, 15) is 14.4 Å². The summed E-state index contributed by atoms with van der Waals surface area (Å²) in [6.07, 6.45) is 6.17. The van der Waals surface area contributed by atoms with Crippen molar-refractivity contribution in [3.8, 4) is 11.4 Å². The van der Waals surface area contributed by atoms with E-state index in [0.29, 0.717) is 11.4 Å². The van der Waals surface area contributed by atoms with Crippen molar-refractivity contribution in [2.45, 2.75) is 0 Å². The minimum absolute atomic E-state index is 0.151. The van der Waals surface area contributed by atoms with Crippen LogP contribution in [0.2, 0.25) is 0 Å². The predicted molar refractivity (Wildman–Crippen MR) is 106 cm³/mol. The number of urea groups is 1. The maximum Gasteiger partial charge on any atom is 0.336 e. The van der Waals surface area contributed by atoms with Gasteiger partial charge in [-0.05, 0) is 54.6 Å². The first kappa shape index (κ1) is 18.2. The number of aromatic nitrogens is 2. The van der Waals surface area contributed by atoms with Gasteiger partial charge in [-0.1, -0.05) is 0 Å². The lowest BCUT2D eigenvalue weighted by Crippen LogP contribution is -2.54. The molecule has 1 aliphatic heterocycles. The molecule has 0 spiro atoms. The standard InChI is InChI=1S/C21H16N4O4/c1-29-17-8-6-14(7-9-17)24-11-3-5-15(24)12-18-19(26)23-21(28)25(20(18)27)16-4-2-10-22-13-16/h2-13H,1H3,(H,23,26,28)/b18-12+. The Kier molecular flexibility index (Phi) is 4.66. The van der Waals surface area contributed by atoms with Crippen LogP contribution in [0.5, 0.6) is 5.75 Å². The molecule has 0 unspecified atom stereocenters. The van der Waals surface area contributed by atoms with Gasteiger partial charge in [0.1, 0.15) is 11.3 Å². The second-order valence-electron chi connectivity index (χ2n) is 6.17. The van der Waals surface area contributed by atoms with E-state index in [1.807, 2.05) is 35.0 Å². The molecule has 0 atom stereocenters. The number of carbonyl (C=O) groups excluding carboxylic acids is 3. The number of nitrogens with one attached hydrogen (secondary N) is 1. The van der Waals surface area contributed by atoms with Crippen LogP contribution in [0.25, 0.3) is 11.8 Å². The molecule has 3 heterocycles. The maximum absolute atomic E-state index is 12.9. The van der Waals surface area contributed by atoms with Crippen molar-refractivity contribution in [3.05, 3.63) is 78.4 Å². The molecular formula is C21H16N4O4. The Morgan fingerprint density at radius 3 is 2.48 bits per heavy atom. The summed E-state index contributed by atoms with van der Waals surface area (Å²) in [7, 11) is 1.59. The van der Waals surface area contributed by atoms with E-state index in [2.05, 4.69) is 10.3 Å². The van der Waals surface area contributed by atoms with E-state index in [4.69, 9.17) is 4.74 Å². The Hall–Kier alpha value is -4.20. The molecule has 29 heavy (non-hydrogen) atoms. The third-order valence-electron chi connectivity index (χ3n) is 4.43. The van der Waals surface area contributed by atoms with Crippen LogP contribution in [0.3, 0.4) is 0 Å². The Balaban J connectivity index is 1.72. The number of methoxy groups -OCH3 is 1. The van der Waals surface area contributed by atoms with Gasteiger partial charge >= 0.3 is 6.03 Å². The lowest BCUT2D eigenvalue weighted by molar-refractivity contribution is -0.122. The van der Waals surface area contributed by atoms with E-state index in [1.54, 1.807) is 31.4 Å². The highest BCUT2D eigenvalue weighted by molar-refractivity contribution is 6.39. The van der Waals surface area contributed by atoms with E-state index >= 15 is 0 Å². The van der Waals surface area contributed by atoms with Crippen molar-refractivity contribution in [1.82, 2.24) is 14.9 Å². The molecule has 4 amide bonds. The number of ether oxygens (including phenoxy) is 1. The summed E-state index contributed by atoms with van der Waals surface area (Å²) in [6.45, 7) is 0. The van der Waals surface area contributed by atoms with Gasteiger partial charge in [-0.25, -0.2) is 9.69 Å². The topological polar surface area (TPSA) is 93.5 Å². The number of pyridine rings is 1. The van der Waals surface area contributed by atoms with Crippen LogP contribution in [-0.4, -0.2) is 34.5 Å². The molecule has 0 radical (unpaired) electrons. The zero-order chi connectivity index (χ0) is 20.4. The van der Waals surface area contributed by atoms with Gasteiger partial charge in [0, 0.05) is 23.8 Å². The fourth-order valence-electron chi connectivity index (χ4n) is 3.02. The summed E-state index contributed by atoms with van der Waals surface area (Å²) in [5, 5.41) is 2.20. The SMILES string of the molecule is COc1ccc(-n2cccc2/C=C2\C(=O)NC(=O)N(c3cccnc3)C2=O)cc1. The molecule has 0 saturated carbocycles. The number of amides is 4. The van der Waals surface area contributed by atoms with Crippen molar-refractivity contribution >= 4 is 29.6 Å². The average molecular weight is 388 g/mol. The smallest absolute Gasteiger partial charge is 0.336 e. The van der Waals surface area contributed by atoms with E-state index in [-0.39, 0.29) is 11.3 Å². The normalized spacial score (nSPS) is 15.6. The zero-order valence-electron chi connectivity index (χ0n) is 15.4. The van der Waals surface area contributed by atoms with Gasteiger partial charge in [0.05, 0.1) is 19.0 Å². The number of carbonyl (C=O) groups is 3. The van der Waals surface area contributed by atoms with Crippen LogP contribution < -0.4 is 15.0 Å². The second kappa shape index (κ2) is 7.43. The fraction of sp³-hybridized carbons (Fsp3) is 0.0476. The van der Waals surface area contributed by atoms with E-state index < -0.39 is 17.8 Å². The number of anilines is 1. The number of hydrogen-bond donors (Lipinski definition) is 1. The summed E-state index contributed by atoms with van der Waals surface area (Å²) < 4.78 is 6.99. The first-order chi connectivity index (χ1) is 14.1. The average Bonchev–Trinajstić information content (AvgIpc) is 3.20. The van der Waals surface area contributed by atoms with Crippen molar-refractivity contribution in [2.24, 2.45) is 0 Å². The second-order valence-corrected chi connectivity index (χ2v) is 6.17. The molecule has 144 valence electrons. The first-order valence-electron chi connectivity index (χ1n) is 8.72. The Morgan fingerprint density at radius 2 is 1.79 bits per heavy atom. The highest BCUT2D eigenvalue weighted by Gasteiger charge is 2.37. The minimum atomic E-state index is -0.810. The highest BCUT2D eigenvalue weighted by atomic mass is 16.5. The van der Waals surface area contributed by atoms with Crippen LogP contribution in [0.15, 0.2) is 72.7 Å². The van der Waals surface area contributed by atoms with Crippen LogP contribution in [0.1, 0.15) is 5.69 Å². The lowest BCUT2D eigenvalue weighted by atomic mass is 10.1. The molecule has 1 aromatic carbocycles. The quantitative estimate of drug-likeness (QED) is 0.548. The molecule has 1 aliphatic rings. The number of rotatable bonds is 4. The third-order valence-corrected chi connectivity index (χ3v) is 4.43. The number of benzene rings is 1. The summed E-state index contributed by atoms with van der Waals surface area (Å²) >= 11 is 0. The molecule has 1 saturated heterocycles. The van der Waals surface area contributed by atoms with Crippen molar-refractivity contribution in [2.75, 3.05) is 12.0 Å². The molecule has 4 rings (SSSR count). The summed E-state index contributed by atoms with van der Waals surface area (Å²) in [6, 6.07) is 13.3. The van der Waals surface area contributed by atoms with Gasteiger partial charge in [0.25, 0.3) is 11.8 Å². The summed E-state index contributed by atoms with van der Waals surface area (Å²) in [5.74, 6) is -0.745. The molecule has 8 nitrogen and oxygen atoms in total. The Labute approximate surface area is 166 Å². The summed E-state index contributed by atoms with van der Waals surface area (Å²) in [4.78, 5) is 42.3. The number of nitrogens with zero attached hydrogens (tertiary/aromatic N) is 3. The molecule has 2 aromatic heterocycles. The van der Waals surface area contributed by atoms with Crippen LogP contribution in [-0.2, 0) is 9.59 Å². The summed E-state index contributed by atoms with van der Waals surface area (Å²) in [5.41, 5.74) is 1.56.